The minimum atomic E-state index is -0.336. The number of nitrogens with zero attached hydrogens (tertiary/aromatic N) is 1. The van der Waals surface area contributed by atoms with Gasteiger partial charge in [0.2, 0.25) is 0 Å². The minimum Gasteiger partial charge on any atom is -0.491 e. The number of halogens is 2. The Kier molecular flexibility index (Phi) is 4.44. The third-order valence-electron chi connectivity index (χ3n) is 4.17. The van der Waals surface area contributed by atoms with E-state index < -0.39 is 0 Å². The zero-order valence-corrected chi connectivity index (χ0v) is 12.2. The van der Waals surface area contributed by atoms with Crippen molar-refractivity contribution in [2.24, 2.45) is 0 Å². The van der Waals surface area contributed by atoms with Crippen LogP contribution in [0.4, 0.5) is 4.39 Å². The van der Waals surface area contributed by atoms with Gasteiger partial charge in [-0.3, -0.25) is 4.90 Å². The van der Waals surface area contributed by atoms with Crippen molar-refractivity contribution in [3.8, 4) is 5.75 Å². The largest absolute Gasteiger partial charge is 0.491 e. The van der Waals surface area contributed by atoms with E-state index in [1.54, 1.807) is 6.07 Å². The van der Waals surface area contributed by atoms with Crippen molar-refractivity contribution in [2.75, 3.05) is 26.2 Å². The van der Waals surface area contributed by atoms with E-state index in [1.807, 2.05) is 0 Å². The lowest BCUT2D eigenvalue weighted by atomic mass is 10.1. The van der Waals surface area contributed by atoms with Gasteiger partial charge in [0, 0.05) is 25.2 Å². The van der Waals surface area contributed by atoms with Gasteiger partial charge in [-0.2, -0.15) is 0 Å². The van der Waals surface area contributed by atoms with Gasteiger partial charge < -0.3 is 10.1 Å². The van der Waals surface area contributed by atoms with Crippen LogP contribution in [0.2, 0.25) is 5.02 Å². The van der Waals surface area contributed by atoms with Gasteiger partial charge in [0.15, 0.2) is 0 Å². The smallest absolute Gasteiger partial charge is 0.138 e. The molecule has 5 heteroatoms. The first kappa shape index (κ1) is 14.1. The Balaban J connectivity index is 1.47. The van der Waals surface area contributed by atoms with Crippen LogP contribution in [0.5, 0.6) is 5.75 Å². The van der Waals surface area contributed by atoms with E-state index in [-0.39, 0.29) is 5.82 Å². The molecule has 0 spiro atoms. The molecule has 1 aromatic carbocycles. The number of ether oxygens (including phenoxy) is 1. The molecule has 0 aromatic heterocycles. The van der Waals surface area contributed by atoms with Gasteiger partial charge in [0.05, 0.1) is 5.02 Å². The first-order chi connectivity index (χ1) is 9.70. The van der Waals surface area contributed by atoms with Crippen molar-refractivity contribution in [3.63, 3.8) is 0 Å². The zero-order valence-electron chi connectivity index (χ0n) is 11.4. The summed E-state index contributed by atoms with van der Waals surface area (Å²) in [6, 6.07) is 5.58. The Bertz CT molecular complexity index is 471. The minimum absolute atomic E-state index is 0.335. The lowest BCUT2D eigenvalue weighted by Gasteiger charge is -2.23. The molecule has 2 atom stereocenters. The summed E-state index contributed by atoms with van der Waals surface area (Å²) in [5, 5.41) is 4.00. The van der Waals surface area contributed by atoms with E-state index in [0.29, 0.717) is 29.5 Å². The standard InChI is InChI=1S/C15H20ClFN2O/c16-14-9-11(17)1-4-15(14)20-8-7-19-6-5-12-2-3-13(10-19)18-12/h1,4,9,12-13,18H,2-3,5-8,10H2. The molecule has 2 aliphatic rings. The first-order valence-electron chi connectivity index (χ1n) is 7.27. The fourth-order valence-electron chi connectivity index (χ4n) is 3.10. The molecular formula is C15H20ClFN2O. The van der Waals surface area contributed by atoms with Crippen LogP contribution in [0.15, 0.2) is 18.2 Å². The summed E-state index contributed by atoms with van der Waals surface area (Å²) in [7, 11) is 0. The number of hydrogen-bond donors (Lipinski definition) is 1. The van der Waals surface area contributed by atoms with E-state index in [2.05, 4.69) is 10.2 Å². The van der Waals surface area contributed by atoms with Crippen molar-refractivity contribution in [1.29, 1.82) is 0 Å². The van der Waals surface area contributed by atoms with Crippen molar-refractivity contribution >= 4 is 11.6 Å². The van der Waals surface area contributed by atoms with Crippen LogP contribution in [0.3, 0.4) is 0 Å². The molecule has 1 aromatic rings. The lowest BCUT2D eigenvalue weighted by molar-refractivity contribution is 0.201. The van der Waals surface area contributed by atoms with Crippen LogP contribution in [0.1, 0.15) is 19.3 Å². The van der Waals surface area contributed by atoms with Crippen molar-refractivity contribution in [1.82, 2.24) is 10.2 Å². The molecule has 2 unspecified atom stereocenters. The van der Waals surface area contributed by atoms with Crippen LogP contribution in [0.25, 0.3) is 0 Å². The van der Waals surface area contributed by atoms with Gasteiger partial charge >= 0.3 is 0 Å². The summed E-state index contributed by atoms with van der Waals surface area (Å²) in [6.07, 6.45) is 3.82. The molecule has 110 valence electrons. The summed E-state index contributed by atoms with van der Waals surface area (Å²) < 4.78 is 18.6. The Morgan fingerprint density at radius 3 is 3.00 bits per heavy atom. The topological polar surface area (TPSA) is 24.5 Å². The molecule has 0 saturated carbocycles. The third-order valence-corrected chi connectivity index (χ3v) is 4.46. The van der Waals surface area contributed by atoms with Crippen LogP contribution in [0, 0.1) is 5.82 Å². The van der Waals surface area contributed by atoms with Crippen LogP contribution in [-0.4, -0.2) is 43.2 Å². The van der Waals surface area contributed by atoms with E-state index >= 15 is 0 Å². The summed E-state index contributed by atoms with van der Waals surface area (Å²) in [6.45, 7) is 3.69. The van der Waals surface area contributed by atoms with E-state index in [9.17, 15) is 4.39 Å². The average Bonchev–Trinajstić information content (AvgIpc) is 2.74. The van der Waals surface area contributed by atoms with Gasteiger partial charge in [0.25, 0.3) is 0 Å². The molecule has 2 fully saturated rings. The Morgan fingerprint density at radius 2 is 2.15 bits per heavy atom. The molecule has 0 amide bonds. The monoisotopic (exact) mass is 298 g/mol. The fraction of sp³-hybridized carbons (Fsp3) is 0.600. The van der Waals surface area contributed by atoms with E-state index in [1.165, 1.54) is 31.4 Å². The molecule has 2 heterocycles. The van der Waals surface area contributed by atoms with Gasteiger partial charge in [-0.25, -0.2) is 4.39 Å². The predicted octanol–water partition coefficient (Wildman–Crippen LogP) is 2.68. The van der Waals surface area contributed by atoms with Gasteiger partial charge in [-0.05, 0) is 44.0 Å². The second-order valence-electron chi connectivity index (χ2n) is 5.65. The number of rotatable bonds is 4. The Hall–Kier alpha value is -0.840. The summed E-state index contributed by atoms with van der Waals surface area (Å²) in [4.78, 5) is 2.44. The molecule has 2 aliphatic heterocycles. The third kappa shape index (κ3) is 3.43. The Morgan fingerprint density at radius 1 is 1.30 bits per heavy atom. The molecule has 3 rings (SSSR count). The quantitative estimate of drug-likeness (QED) is 0.925. The highest BCUT2D eigenvalue weighted by atomic mass is 35.5. The number of benzene rings is 1. The highest BCUT2D eigenvalue weighted by Gasteiger charge is 2.28. The van der Waals surface area contributed by atoms with Crippen molar-refractivity contribution < 1.29 is 9.13 Å². The molecule has 3 nitrogen and oxygen atoms in total. The predicted molar refractivity (Wildman–Crippen MR) is 77.9 cm³/mol. The molecule has 2 bridgehead atoms. The molecule has 20 heavy (non-hydrogen) atoms. The number of nitrogens with one attached hydrogen (secondary N) is 1. The molecule has 0 aliphatic carbocycles. The maximum atomic E-state index is 12.9. The highest BCUT2D eigenvalue weighted by Crippen LogP contribution is 2.25. The first-order valence-corrected chi connectivity index (χ1v) is 7.65. The number of likely N-dealkylation sites (tertiary alicyclic amines) is 1. The van der Waals surface area contributed by atoms with Gasteiger partial charge in [-0.1, -0.05) is 11.6 Å². The maximum absolute atomic E-state index is 12.9. The summed E-state index contributed by atoms with van der Waals surface area (Å²) in [5.41, 5.74) is 0. The van der Waals surface area contributed by atoms with Crippen molar-refractivity contribution in [3.05, 3.63) is 29.0 Å². The van der Waals surface area contributed by atoms with E-state index in [4.69, 9.17) is 16.3 Å². The van der Waals surface area contributed by atoms with E-state index in [0.717, 1.165) is 19.6 Å². The molecule has 0 radical (unpaired) electrons. The highest BCUT2D eigenvalue weighted by molar-refractivity contribution is 6.32. The van der Waals surface area contributed by atoms with Gasteiger partial charge in [0.1, 0.15) is 18.2 Å². The maximum Gasteiger partial charge on any atom is 0.138 e. The second-order valence-corrected chi connectivity index (χ2v) is 6.06. The Labute approximate surface area is 124 Å². The number of fused-ring (bicyclic) bond motifs is 2. The second kappa shape index (κ2) is 6.29. The molecule has 1 N–H and O–H groups in total. The van der Waals surface area contributed by atoms with Crippen molar-refractivity contribution in [2.45, 2.75) is 31.3 Å². The molecule has 2 saturated heterocycles. The summed E-state index contributed by atoms with van der Waals surface area (Å²) >= 11 is 5.94. The normalized spacial score (nSPS) is 26.5. The number of hydrogen-bond acceptors (Lipinski definition) is 3. The van der Waals surface area contributed by atoms with Crippen LogP contribution in [-0.2, 0) is 0 Å². The van der Waals surface area contributed by atoms with Gasteiger partial charge in [-0.15, -0.1) is 0 Å². The zero-order chi connectivity index (χ0) is 13.9. The SMILES string of the molecule is Fc1ccc(OCCN2CCC3CCC(C2)N3)c(Cl)c1. The fourth-order valence-corrected chi connectivity index (χ4v) is 3.32. The van der Waals surface area contributed by atoms with Crippen LogP contribution < -0.4 is 10.1 Å². The lowest BCUT2D eigenvalue weighted by Crippen LogP contribution is -2.37. The molecular weight excluding hydrogens is 279 g/mol. The average molecular weight is 299 g/mol. The van der Waals surface area contributed by atoms with Crippen LogP contribution >= 0.6 is 11.6 Å². The summed E-state index contributed by atoms with van der Waals surface area (Å²) in [5.74, 6) is 0.222.